The molecule has 1 N–H and O–H groups in total. The summed E-state index contributed by atoms with van der Waals surface area (Å²) in [5.74, 6) is -1.81. The zero-order valence-corrected chi connectivity index (χ0v) is 9.25. The Labute approximate surface area is 93.1 Å². The molecule has 86 valence electrons. The lowest BCUT2D eigenvalue weighted by Gasteiger charge is -2.02. The quantitative estimate of drug-likeness (QED) is 0.781. The zero-order chi connectivity index (χ0) is 11.9. The fraction of sp³-hybridized carbons (Fsp3) is 0.545. The molecule has 2 rings (SSSR count). The highest BCUT2D eigenvalue weighted by atomic mass is 16.4. The van der Waals surface area contributed by atoms with Gasteiger partial charge in [0.2, 0.25) is 0 Å². The molecule has 0 unspecified atom stereocenters. The lowest BCUT2D eigenvalue weighted by Crippen LogP contribution is -2.07. The largest absolute Gasteiger partial charge is 0.481 e. The van der Waals surface area contributed by atoms with Crippen LogP contribution in [0.1, 0.15) is 36.7 Å². The van der Waals surface area contributed by atoms with Crippen molar-refractivity contribution >= 4 is 11.8 Å². The molecule has 2 atom stereocenters. The summed E-state index contributed by atoms with van der Waals surface area (Å²) in [6, 6.07) is 0.205. The van der Waals surface area contributed by atoms with E-state index in [0.717, 1.165) is 0 Å². The predicted molar refractivity (Wildman–Crippen MR) is 56.2 cm³/mol. The molecule has 0 radical (unpaired) electrons. The molecular weight excluding hydrogens is 208 g/mol. The summed E-state index contributed by atoms with van der Waals surface area (Å²) in [7, 11) is 0. The van der Waals surface area contributed by atoms with Gasteiger partial charge in [0.05, 0.1) is 17.7 Å². The maximum Gasteiger partial charge on any atom is 0.307 e. The number of rotatable bonds is 4. The second-order valence-electron chi connectivity index (χ2n) is 4.45. The number of hydrogen-bond acceptors (Lipinski definition) is 3. The van der Waals surface area contributed by atoms with E-state index in [1.54, 1.807) is 10.9 Å². The molecule has 16 heavy (non-hydrogen) atoms. The summed E-state index contributed by atoms with van der Waals surface area (Å²) in [5.41, 5.74) is 0.516. The van der Waals surface area contributed by atoms with E-state index in [4.69, 9.17) is 5.11 Å². The van der Waals surface area contributed by atoms with Crippen molar-refractivity contribution in [3.05, 3.63) is 18.0 Å². The second-order valence-corrected chi connectivity index (χ2v) is 4.45. The van der Waals surface area contributed by atoms with Crippen molar-refractivity contribution in [2.75, 3.05) is 0 Å². The van der Waals surface area contributed by atoms with Crippen molar-refractivity contribution in [1.82, 2.24) is 9.78 Å². The molecule has 0 aromatic carbocycles. The maximum absolute atomic E-state index is 11.8. The van der Waals surface area contributed by atoms with E-state index in [-0.39, 0.29) is 17.7 Å². The van der Waals surface area contributed by atoms with Gasteiger partial charge in [0, 0.05) is 18.2 Å². The number of Topliss-reactive ketones (excluding diaryl/α,β-unsaturated/α-hetero) is 1. The number of aromatic nitrogens is 2. The van der Waals surface area contributed by atoms with E-state index in [1.807, 2.05) is 13.8 Å². The standard InChI is InChI=1S/C11H14N2O3/c1-6(2)13-5-7(4-12-13)10(14)8-3-9(8)11(15)16/h4-6,8-9H,3H2,1-2H3,(H,15,16)/t8-,9+/m0/s1. The van der Waals surface area contributed by atoms with E-state index in [1.165, 1.54) is 6.20 Å². The molecule has 0 spiro atoms. The van der Waals surface area contributed by atoms with E-state index in [9.17, 15) is 9.59 Å². The first-order valence-electron chi connectivity index (χ1n) is 5.32. The van der Waals surface area contributed by atoms with Gasteiger partial charge in [-0.3, -0.25) is 14.3 Å². The first-order valence-corrected chi connectivity index (χ1v) is 5.32. The van der Waals surface area contributed by atoms with Crippen molar-refractivity contribution in [2.45, 2.75) is 26.3 Å². The van der Waals surface area contributed by atoms with Crippen LogP contribution in [0.25, 0.3) is 0 Å². The molecule has 1 aromatic rings. The lowest BCUT2D eigenvalue weighted by molar-refractivity contribution is -0.138. The Morgan fingerprint density at radius 3 is 2.62 bits per heavy atom. The molecule has 0 aliphatic heterocycles. The number of carbonyl (C=O) groups is 2. The normalized spacial score (nSPS) is 23.4. The Balaban J connectivity index is 2.08. The summed E-state index contributed by atoms with van der Waals surface area (Å²) in [4.78, 5) is 22.5. The molecule has 1 aromatic heterocycles. The lowest BCUT2D eigenvalue weighted by atomic mass is 10.1. The second kappa shape index (κ2) is 3.73. The first kappa shape index (κ1) is 10.9. The van der Waals surface area contributed by atoms with Crippen molar-refractivity contribution in [2.24, 2.45) is 11.8 Å². The third-order valence-corrected chi connectivity index (χ3v) is 2.86. The van der Waals surface area contributed by atoms with E-state index in [2.05, 4.69) is 5.10 Å². The highest BCUT2D eigenvalue weighted by Gasteiger charge is 2.48. The first-order chi connectivity index (χ1) is 7.50. The Kier molecular flexibility index (Phi) is 2.53. The van der Waals surface area contributed by atoms with Gasteiger partial charge < -0.3 is 5.11 Å². The molecule has 0 bridgehead atoms. The zero-order valence-electron chi connectivity index (χ0n) is 9.25. The van der Waals surface area contributed by atoms with Gasteiger partial charge in [0.1, 0.15) is 0 Å². The average molecular weight is 222 g/mol. The van der Waals surface area contributed by atoms with Crippen LogP contribution in [-0.2, 0) is 4.79 Å². The topological polar surface area (TPSA) is 72.2 Å². The van der Waals surface area contributed by atoms with Crippen LogP contribution in [0, 0.1) is 11.8 Å². The Hall–Kier alpha value is -1.65. The summed E-state index contributed by atoms with van der Waals surface area (Å²) < 4.78 is 1.70. The highest BCUT2D eigenvalue weighted by molar-refractivity contribution is 6.02. The van der Waals surface area contributed by atoms with E-state index < -0.39 is 11.9 Å². The molecule has 0 saturated heterocycles. The van der Waals surface area contributed by atoms with Gasteiger partial charge in [0.25, 0.3) is 0 Å². The van der Waals surface area contributed by atoms with E-state index in [0.29, 0.717) is 12.0 Å². The van der Waals surface area contributed by atoms with Crippen molar-refractivity contribution < 1.29 is 14.7 Å². The highest BCUT2D eigenvalue weighted by Crippen LogP contribution is 2.41. The number of ketones is 1. The molecule has 1 aliphatic rings. The molecule has 5 nitrogen and oxygen atoms in total. The summed E-state index contributed by atoms with van der Waals surface area (Å²) >= 11 is 0. The minimum absolute atomic E-state index is 0.0979. The van der Waals surface area contributed by atoms with Gasteiger partial charge in [-0.2, -0.15) is 5.10 Å². The van der Waals surface area contributed by atoms with Crippen molar-refractivity contribution in [1.29, 1.82) is 0 Å². The van der Waals surface area contributed by atoms with Crippen LogP contribution in [-0.4, -0.2) is 26.6 Å². The number of hydrogen-bond donors (Lipinski definition) is 1. The third-order valence-electron chi connectivity index (χ3n) is 2.86. The molecule has 1 aliphatic carbocycles. The Bertz CT molecular complexity index is 436. The fourth-order valence-corrected chi connectivity index (χ4v) is 1.72. The number of carboxylic acids is 1. The van der Waals surface area contributed by atoms with Gasteiger partial charge in [-0.25, -0.2) is 0 Å². The summed E-state index contributed by atoms with van der Waals surface area (Å²) in [6.07, 6.45) is 3.66. The molecule has 0 amide bonds. The Morgan fingerprint density at radius 2 is 2.19 bits per heavy atom. The number of carboxylic acid groups (broad SMARTS) is 1. The fourth-order valence-electron chi connectivity index (χ4n) is 1.72. The van der Waals surface area contributed by atoms with Gasteiger partial charge in [-0.05, 0) is 20.3 Å². The van der Waals surface area contributed by atoms with Crippen LogP contribution < -0.4 is 0 Å². The van der Waals surface area contributed by atoms with Gasteiger partial charge in [-0.15, -0.1) is 0 Å². The van der Waals surface area contributed by atoms with E-state index >= 15 is 0 Å². The van der Waals surface area contributed by atoms with Crippen LogP contribution in [0.2, 0.25) is 0 Å². The maximum atomic E-state index is 11.8. The van der Waals surface area contributed by atoms with Crippen LogP contribution in [0.4, 0.5) is 0 Å². The number of carbonyl (C=O) groups excluding carboxylic acids is 1. The van der Waals surface area contributed by atoms with Crippen molar-refractivity contribution in [3.8, 4) is 0 Å². The SMILES string of the molecule is CC(C)n1cc(C(=O)[C@H]2C[C@H]2C(=O)O)cn1. The number of aliphatic carboxylic acids is 1. The van der Waals surface area contributed by atoms with Gasteiger partial charge in [0.15, 0.2) is 5.78 Å². The minimum atomic E-state index is -0.880. The van der Waals surface area contributed by atoms with Crippen LogP contribution in [0.15, 0.2) is 12.4 Å². The Morgan fingerprint density at radius 1 is 1.50 bits per heavy atom. The monoisotopic (exact) mass is 222 g/mol. The third kappa shape index (κ3) is 1.85. The molecular formula is C11H14N2O3. The molecule has 5 heteroatoms. The molecule has 1 fully saturated rings. The predicted octanol–water partition coefficient (Wildman–Crippen LogP) is 1.37. The average Bonchev–Trinajstić information content (AvgIpc) is 2.86. The van der Waals surface area contributed by atoms with Crippen LogP contribution in [0.5, 0.6) is 0 Å². The minimum Gasteiger partial charge on any atom is -0.481 e. The van der Waals surface area contributed by atoms with Crippen LogP contribution in [0.3, 0.4) is 0 Å². The molecule has 1 saturated carbocycles. The van der Waals surface area contributed by atoms with Crippen LogP contribution >= 0.6 is 0 Å². The summed E-state index contributed by atoms with van der Waals surface area (Å²) in [6.45, 7) is 3.94. The van der Waals surface area contributed by atoms with Gasteiger partial charge >= 0.3 is 5.97 Å². The van der Waals surface area contributed by atoms with Gasteiger partial charge in [-0.1, -0.05) is 0 Å². The molecule has 1 heterocycles. The van der Waals surface area contributed by atoms with Crippen molar-refractivity contribution in [3.63, 3.8) is 0 Å². The summed E-state index contributed by atoms with van der Waals surface area (Å²) in [5, 5.41) is 12.8. The number of nitrogens with zero attached hydrogens (tertiary/aromatic N) is 2. The smallest absolute Gasteiger partial charge is 0.307 e.